The van der Waals surface area contributed by atoms with Crippen molar-refractivity contribution in [2.75, 3.05) is 12.4 Å². The van der Waals surface area contributed by atoms with Crippen molar-refractivity contribution in [1.29, 1.82) is 0 Å². The summed E-state index contributed by atoms with van der Waals surface area (Å²) >= 11 is 0. The fraction of sp³-hybridized carbons (Fsp3) is 0.160. The van der Waals surface area contributed by atoms with Gasteiger partial charge in [-0.25, -0.2) is 4.68 Å². The van der Waals surface area contributed by atoms with E-state index in [1.165, 1.54) is 0 Å². The fourth-order valence-electron chi connectivity index (χ4n) is 4.00. The summed E-state index contributed by atoms with van der Waals surface area (Å²) in [5.41, 5.74) is 8.55. The summed E-state index contributed by atoms with van der Waals surface area (Å²) in [6, 6.07) is 18.3. The molecule has 1 amide bonds. The number of hydrogen-bond donors (Lipinski definition) is 2. The molecule has 0 bridgehead atoms. The average molecular weight is 457 g/mol. The van der Waals surface area contributed by atoms with E-state index in [4.69, 9.17) is 19.6 Å². The number of nitrogens with zero attached hydrogens (tertiary/aromatic N) is 3. The van der Waals surface area contributed by atoms with Gasteiger partial charge in [0.15, 0.2) is 17.3 Å². The molecule has 1 atom stereocenters. The third-order valence-corrected chi connectivity index (χ3v) is 5.60. The lowest BCUT2D eigenvalue weighted by molar-refractivity contribution is -0.115. The van der Waals surface area contributed by atoms with Crippen LogP contribution in [0.25, 0.3) is 11.6 Å². The van der Waals surface area contributed by atoms with Crippen LogP contribution < -0.4 is 20.5 Å². The van der Waals surface area contributed by atoms with E-state index < -0.39 is 11.9 Å². The Morgan fingerprint density at radius 3 is 2.68 bits per heavy atom. The first-order valence-corrected chi connectivity index (χ1v) is 10.7. The van der Waals surface area contributed by atoms with Gasteiger partial charge in [-0.15, -0.1) is 5.10 Å². The van der Waals surface area contributed by atoms with Crippen LogP contribution in [0.2, 0.25) is 0 Å². The van der Waals surface area contributed by atoms with Gasteiger partial charge in [0.25, 0.3) is 0 Å². The molecular weight excluding hydrogens is 434 g/mol. The highest BCUT2D eigenvalue weighted by atomic mass is 16.5. The van der Waals surface area contributed by atoms with E-state index >= 15 is 0 Å². The smallest absolute Gasteiger partial charge is 0.248 e. The SMILES string of the molecule is COc1cc(C2C(C(N)=O)=C(C)Nc3nc(-c4ccco4)nn32)ccc1OCc1ccccc1. The van der Waals surface area contributed by atoms with Crippen molar-refractivity contribution in [2.45, 2.75) is 19.6 Å². The van der Waals surface area contributed by atoms with E-state index in [0.29, 0.717) is 46.9 Å². The second kappa shape index (κ2) is 8.78. The zero-order valence-electron chi connectivity index (χ0n) is 18.7. The zero-order valence-corrected chi connectivity index (χ0v) is 18.7. The van der Waals surface area contributed by atoms with Crippen LogP contribution in [0.4, 0.5) is 5.95 Å². The van der Waals surface area contributed by atoms with Gasteiger partial charge in [-0.05, 0) is 42.3 Å². The molecule has 1 unspecified atom stereocenters. The number of amides is 1. The molecule has 0 fully saturated rings. The monoisotopic (exact) mass is 457 g/mol. The largest absolute Gasteiger partial charge is 0.493 e. The van der Waals surface area contributed by atoms with Crippen molar-refractivity contribution in [2.24, 2.45) is 5.73 Å². The Morgan fingerprint density at radius 2 is 1.97 bits per heavy atom. The number of methoxy groups -OCH3 is 1. The molecule has 0 aliphatic carbocycles. The molecule has 5 rings (SSSR count). The Morgan fingerprint density at radius 1 is 1.15 bits per heavy atom. The Hall–Kier alpha value is -4.53. The number of ether oxygens (including phenoxy) is 2. The lowest BCUT2D eigenvalue weighted by atomic mass is 9.95. The molecule has 34 heavy (non-hydrogen) atoms. The van der Waals surface area contributed by atoms with Crippen LogP contribution in [-0.4, -0.2) is 27.8 Å². The maximum atomic E-state index is 12.5. The molecule has 9 heteroatoms. The highest BCUT2D eigenvalue weighted by Gasteiger charge is 2.34. The van der Waals surface area contributed by atoms with Gasteiger partial charge in [0, 0.05) is 5.70 Å². The summed E-state index contributed by atoms with van der Waals surface area (Å²) in [5.74, 6) is 1.94. The third kappa shape index (κ3) is 3.88. The fourth-order valence-corrected chi connectivity index (χ4v) is 4.00. The van der Waals surface area contributed by atoms with E-state index in [1.54, 1.807) is 37.1 Å². The minimum Gasteiger partial charge on any atom is -0.493 e. The number of primary amides is 1. The Labute approximate surface area is 195 Å². The molecule has 3 N–H and O–H groups in total. The van der Waals surface area contributed by atoms with Crippen LogP contribution in [0, 0.1) is 0 Å². The Balaban J connectivity index is 1.54. The third-order valence-electron chi connectivity index (χ3n) is 5.60. The van der Waals surface area contributed by atoms with Gasteiger partial charge in [-0.3, -0.25) is 4.79 Å². The van der Waals surface area contributed by atoms with Crippen LogP contribution in [0.5, 0.6) is 11.5 Å². The van der Waals surface area contributed by atoms with E-state index in [9.17, 15) is 4.79 Å². The van der Waals surface area contributed by atoms with Gasteiger partial charge < -0.3 is 24.9 Å². The number of benzene rings is 2. The lowest BCUT2D eigenvalue weighted by Crippen LogP contribution is -2.31. The number of furan rings is 1. The first kappa shape index (κ1) is 21.3. The van der Waals surface area contributed by atoms with E-state index in [-0.39, 0.29) is 0 Å². The number of fused-ring (bicyclic) bond motifs is 1. The summed E-state index contributed by atoms with van der Waals surface area (Å²) < 4.78 is 18.7. The summed E-state index contributed by atoms with van der Waals surface area (Å²) in [4.78, 5) is 17.0. The highest BCUT2D eigenvalue weighted by molar-refractivity contribution is 5.95. The number of allylic oxidation sites excluding steroid dienone is 1. The van der Waals surface area contributed by atoms with Gasteiger partial charge in [-0.2, -0.15) is 4.98 Å². The number of nitrogens with one attached hydrogen (secondary N) is 1. The number of anilines is 1. The number of aromatic nitrogens is 3. The minimum atomic E-state index is -0.609. The minimum absolute atomic E-state index is 0.378. The molecule has 9 nitrogen and oxygen atoms in total. The summed E-state index contributed by atoms with van der Waals surface area (Å²) in [5, 5.41) is 7.73. The van der Waals surface area contributed by atoms with Crippen LogP contribution >= 0.6 is 0 Å². The summed E-state index contributed by atoms with van der Waals surface area (Å²) in [7, 11) is 1.57. The second-order valence-corrected chi connectivity index (χ2v) is 7.80. The van der Waals surface area contributed by atoms with Crippen LogP contribution in [0.1, 0.15) is 24.1 Å². The Kier molecular flexibility index (Phi) is 5.51. The highest BCUT2D eigenvalue weighted by Crippen LogP contribution is 2.39. The Bertz CT molecular complexity index is 1360. The second-order valence-electron chi connectivity index (χ2n) is 7.80. The topological polar surface area (TPSA) is 117 Å². The molecule has 172 valence electrons. The first-order chi connectivity index (χ1) is 16.5. The molecule has 1 aliphatic rings. The van der Waals surface area contributed by atoms with Crippen molar-refractivity contribution in [3.05, 3.63) is 89.3 Å². The predicted octanol–water partition coefficient (Wildman–Crippen LogP) is 3.90. The summed E-state index contributed by atoms with van der Waals surface area (Å²) in [6.45, 7) is 2.18. The molecule has 0 saturated heterocycles. The summed E-state index contributed by atoms with van der Waals surface area (Å²) in [6.07, 6.45) is 1.55. The maximum absolute atomic E-state index is 12.5. The van der Waals surface area contributed by atoms with Gasteiger partial charge in [0.05, 0.1) is 18.9 Å². The van der Waals surface area contributed by atoms with Crippen molar-refractivity contribution in [3.63, 3.8) is 0 Å². The van der Waals surface area contributed by atoms with Gasteiger partial charge in [0.2, 0.25) is 17.7 Å². The number of carbonyl (C=O) groups is 1. The predicted molar refractivity (Wildman–Crippen MR) is 125 cm³/mol. The zero-order chi connectivity index (χ0) is 23.7. The molecule has 2 aromatic carbocycles. The molecular formula is C25H23N5O4. The standard InChI is InChI=1S/C25H23N5O4/c1-15-21(23(26)31)22(30-25(27-15)28-24(29-30)19-9-6-12-33-19)17-10-11-18(20(13-17)32-2)34-14-16-7-4-3-5-8-16/h3-13,22H,14H2,1-2H3,(H2,26,31)(H,27,28,29). The van der Waals surface area contributed by atoms with Crippen molar-refractivity contribution >= 4 is 11.9 Å². The molecule has 0 saturated carbocycles. The quantitative estimate of drug-likeness (QED) is 0.432. The molecule has 1 aliphatic heterocycles. The molecule has 0 radical (unpaired) electrons. The lowest BCUT2D eigenvalue weighted by Gasteiger charge is -2.28. The number of nitrogens with two attached hydrogens (primary N) is 1. The van der Waals surface area contributed by atoms with Gasteiger partial charge in [0.1, 0.15) is 12.6 Å². The van der Waals surface area contributed by atoms with Crippen LogP contribution in [0.3, 0.4) is 0 Å². The molecule has 4 aromatic rings. The molecule has 0 spiro atoms. The van der Waals surface area contributed by atoms with Crippen LogP contribution in [-0.2, 0) is 11.4 Å². The van der Waals surface area contributed by atoms with Gasteiger partial charge >= 0.3 is 0 Å². The first-order valence-electron chi connectivity index (χ1n) is 10.7. The van der Waals surface area contributed by atoms with Crippen LogP contribution in [0.15, 0.2) is 82.6 Å². The van der Waals surface area contributed by atoms with Crippen molar-refractivity contribution < 1.29 is 18.7 Å². The van der Waals surface area contributed by atoms with Crippen molar-refractivity contribution in [3.8, 4) is 23.1 Å². The van der Waals surface area contributed by atoms with E-state index in [0.717, 1.165) is 11.1 Å². The normalized spacial score (nSPS) is 14.9. The number of rotatable bonds is 7. The molecule has 3 heterocycles. The van der Waals surface area contributed by atoms with Gasteiger partial charge in [-0.1, -0.05) is 36.4 Å². The maximum Gasteiger partial charge on any atom is 0.248 e. The number of hydrogen-bond acceptors (Lipinski definition) is 7. The van der Waals surface area contributed by atoms with E-state index in [1.807, 2.05) is 48.5 Å². The average Bonchev–Trinajstić information content (AvgIpc) is 3.52. The van der Waals surface area contributed by atoms with E-state index in [2.05, 4.69) is 15.4 Å². The molecule has 2 aromatic heterocycles. The van der Waals surface area contributed by atoms with Crippen molar-refractivity contribution in [1.82, 2.24) is 14.8 Å². The number of carbonyl (C=O) groups excluding carboxylic acids is 1.